The molecule has 8 heteroatoms. The third-order valence-electron chi connectivity index (χ3n) is 8.55. The zero-order valence-corrected chi connectivity index (χ0v) is 32.4. The van der Waals surface area contributed by atoms with Crippen molar-refractivity contribution < 1.29 is 9.47 Å². The summed E-state index contributed by atoms with van der Waals surface area (Å²) in [7, 11) is 4.17. The fourth-order valence-electron chi connectivity index (χ4n) is 5.57. The van der Waals surface area contributed by atoms with Crippen LogP contribution in [0.1, 0.15) is 187 Å². The second-order valence-electron chi connectivity index (χ2n) is 13.4. The van der Waals surface area contributed by atoms with E-state index in [0.717, 1.165) is 74.6 Å². The first kappa shape index (κ1) is 43.0. The van der Waals surface area contributed by atoms with E-state index < -0.39 is 0 Å². The summed E-state index contributed by atoms with van der Waals surface area (Å²) < 4.78 is 11.9. The Morgan fingerprint density at radius 2 is 1.22 bits per heavy atom. The Morgan fingerprint density at radius 3 is 1.78 bits per heavy atom. The predicted molar refractivity (Wildman–Crippen MR) is 204 cm³/mol. The summed E-state index contributed by atoms with van der Waals surface area (Å²) >= 11 is 7.30. The highest BCUT2D eigenvalue weighted by Crippen LogP contribution is 2.28. The van der Waals surface area contributed by atoms with Crippen LogP contribution in [-0.4, -0.2) is 64.5 Å². The van der Waals surface area contributed by atoms with Gasteiger partial charge in [-0.2, -0.15) is 9.97 Å². The summed E-state index contributed by atoms with van der Waals surface area (Å²) in [5, 5.41) is 1.51. The molecule has 0 radical (unpaired) electrons. The largest absolute Gasteiger partial charge is 0.487 e. The number of unbranched alkanes of at least 4 members (excludes halogenated alkanes) is 17. The van der Waals surface area contributed by atoms with Gasteiger partial charge in [-0.05, 0) is 58.4 Å². The van der Waals surface area contributed by atoms with Gasteiger partial charge in [0.2, 0.25) is 0 Å². The van der Waals surface area contributed by atoms with E-state index in [1.54, 1.807) is 11.8 Å². The minimum atomic E-state index is 0.231. The number of hydrogen-bond acceptors (Lipinski definition) is 8. The van der Waals surface area contributed by atoms with Crippen LogP contribution in [0.2, 0.25) is 0 Å². The highest BCUT2D eigenvalue weighted by molar-refractivity contribution is 7.99. The molecular formula is C38H72N4O2S2. The number of aromatic nitrogens is 3. The minimum Gasteiger partial charge on any atom is -0.487 e. The molecule has 1 atom stereocenters. The third kappa shape index (κ3) is 25.1. The molecule has 0 aromatic carbocycles. The zero-order chi connectivity index (χ0) is 33.5. The van der Waals surface area contributed by atoms with Crippen molar-refractivity contribution in [3.63, 3.8) is 0 Å². The van der Waals surface area contributed by atoms with Crippen molar-refractivity contribution >= 4 is 29.0 Å². The van der Waals surface area contributed by atoms with Gasteiger partial charge in [-0.25, -0.2) is 4.98 Å². The van der Waals surface area contributed by atoms with Crippen LogP contribution >= 0.6 is 24.0 Å². The van der Waals surface area contributed by atoms with Gasteiger partial charge in [0.05, 0.1) is 13.2 Å². The number of thioether (sulfide) groups is 1. The summed E-state index contributed by atoms with van der Waals surface area (Å²) in [6.45, 7) is 9.01. The van der Waals surface area contributed by atoms with Gasteiger partial charge in [-0.3, -0.25) is 0 Å². The van der Waals surface area contributed by atoms with E-state index in [9.17, 15) is 0 Å². The average molecular weight is 681 g/mol. The van der Waals surface area contributed by atoms with Gasteiger partial charge in [0.15, 0.2) is 10.2 Å². The number of ether oxygens (including phenoxy) is 2. The van der Waals surface area contributed by atoms with Crippen LogP contribution in [-0.2, 0) is 4.74 Å². The normalized spacial score (nSPS) is 12.1. The Balaban J connectivity index is 2.48. The molecule has 6 nitrogen and oxygen atoms in total. The first-order valence-corrected chi connectivity index (χ1v) is 20.7. The summed E-state index contributed by atoms with van der Waals surface area (Å²) in [6.07, 6.45) is 30.3. The molecule has 1 heterocycles. The van der Waals surface area contributed by atoms with E-state index >= 15 is 0 Å². The number of rotatable bonds is 33. The van der Waals surface area contributed by atoms with Crippen molar-refractivity contribution in [1.82, 2.24) is 19.9 Å². The molecule has 0 bridgehead atoms. The van der Waals surface area contributed by atoms with E-state index in [4.69, 9.17) is 36.6 Å². The first-order valence-electron chi connectivity index (χ1n) is 19.3. The molecule has 0 saturated carbocycles. The van der Waals surface area contributed by atoms with Crippen LogP contribution in [0, 0.1) is 0 Å². The molecule has 46 heavy (non-hydrogen) atoms. The lowest BCUT2D eigenvalue weighted by Crippen LogP contribution is -2.17. The van der Waals surface area contributed by atoms with Gasteiger partial charge in [-0.15, -0.1) is 0 Å². The maximum absolute atomic E-state index is 6.07. The average Bonchev–Trinajstić information content (AvgIpc) is 3.04. The van der Waals surface area contributed by atoms with E-state index in [2.05, 4.69) is 39.8 Å². The standard InChI is InChI=1S/C38H72N4O2S2/c1-6-9-12-13-14-15-16-17-18-19-20-21-22-23-24-25-33-46-38-40-36(39-37(41-38)44-32-26-30-42(4)5)34(27-10-7-2)28-29-35(45)43-31-11-8-3/h34H,6-33H2,1-5H3. The third-order valence-corrected chi connectivity index (χ3v) is 9.81. The highest BCUT2D eigenvalue weighted by atomic mass is 32.2. The second kappa shape index (κ2) is 31.3. The van der Waals surface area contributed by atoms with E-state index in [1.807, 2.05) is 0 Å². The predicted octanol–water partition coefficient (Wildman–Crippen LogP) is 11.8. The number of thiocarbonyl (C=S) groups is 1. The van der Waals surface area contributed by atoms with Gasteiger partial charge >= 0.3 is 6.01 Å². The maximum Gasteiger partial charge on any atom is 0.320 e. The molecule has 1 rings (SSSR count). The Kier molecular flexibility index (Phi) is 29.3. The molecule has 0 fully saturated rings. The monoisotopic (exact) mass is 681 g/mol. The molecule has 0 amide bonds. The van der Waals surface area contributed by atoms with Gasteiger partial charge < -0.3 is 14.4 Å². The summed E-state index contributed by atoms with van der Waals surface area (Å²) in [5.74, 6) is 2.13. The Bertz CT molecular complexity index is 843. The smallest absolute Gasteiger partial charge is 0.320 e. The topological polar surface area (TPSA) is 60.4 Å². The molecule has 1 unspecified atom stereocenters. The summed E-state index contributed by atoms with van der Waals surface area (Å²) in [6, 6.07) is 0.474. The maximum atomic E-state index is 6.07. The Morgan fingerprint density at radius 1 is 0.652 bits per heavy atom. The fourth-order valence-corrected chi connectivity index (χ4v) is 6.60. The van der Waals surface area contributed by atoms with Crippen molar-refractivity contribution in [3.8, 4) is 6.01 Å². The molecule has 268 valence electrons. The minimum absolute atomic E-state index is 0.231. The molecular weight excluding hydrogens is 609 g/mol. The lowest BCUT2D eigenvalue weighted by molar-refractivity contribution is 0.258. The lowest BCUT2D eigenvalue weighted by atomic mass is 9.96. The van der Waals surface area contributed by atoms with E-state index in [1.165, 1.54) is 103 Å². The van der Waals surface area contributed by atoms with Crippen molar-refractivity contribution in [1.29, 1.82) is 0 Å². The molecule has 0 aliphatic heterocycles. The van der Waals surface area contributed by atoms with Gasteiger partial charge in [0, 0.05) is 24.6 Å². The molecule has 0 aliphatic rings. The molecule has 0 spiro atoms. The van der Waals surface area contributed by atoms with Crippen LogP contribution in [0.5, 0.6) is 6.01 Å². The Labute approximate surface area is 294 Å². The number of hydrogen-bond donors (Lipinski definition) is 0. The summed E-state index contributed by atoms with van der Waals surface area (Å²) in [4.78, 5) is 16.7. The van der Waals surface area contributed by atoms with Crippen LogP contribution < -0.4 is 4.74 Å². The molecule has 0 N–H and O–H groups in total. The van der Waals surface area contributed by atoms with Gasteiger partial charge in [0.1, 0.15) is 5.82 Å². The molecule has 1 aromatic rings. The molecule has 1 aromatic heterocycles. The highest BCUT2D eigenvalue weighted by Gasteiger charge is 2.19. The first-order chi connectivity index (χ1) is 22.5. The van der Waals surface area contributed by atoms with Crippen molar-refractivity contribution in [2.45, 2.75) is 186 Å². The lowest BCUT2D eigenvalue weighted by Gasteiger charge is -2.17. The molecule has 0 saturated heterocycles. The van der Waals surface area contributed by atoms with Gasteiger partial charge in [0.25, 0.3) is 0 Å². The Hall–Kier alpha value is -0.990. The van der Waals surface area contributed by atoms with Crippen LogP contribution in [0.25, 0.3) is 0 Å². The van der Waals surface area contributed by atoms with Crippen LogP contribution in [0.4, 0.5) is 0 Å². The number of nitrogens with zero attached hydrogens (tertiary/aromatic N) is 4. The van der Waals surface area contributed by atoms with E-state index in [0.29, 0.717) is 24.3 Å². The van der Waals surface area contributed by atoms with Crippen molar-refractivity contribution in [2.24, 2.45) is 0 Å². The summed E-state index contributed by atoms with van der Waals surface area (Å²) in [5.41, 5.74) is 0. The zero-order valence-electron chi connectivity index (χ0n) is 30.8. The van der Waals surface area contributed by atoms with Crippen molar-refractivity contribution in [2.75, 3.05) is 39.6 Å². The quantitative estimate of drug-likeness (QED) is 0.0413. The van der Waals surface area contributed by atoms with Crippen LogP contribution in [0.15, 0.2) is 5.16 Å². The molecule has 0 aliphatic carbocycles. The second-order valence-corrected chi connectivity index (χ2v) is 14.9. The van der Waals surface area contributed by atoms with Crippen molar-refractivity contribution in [3.05, 3.63) is 5.82 Å². The fraction of sp³-hybridized carbons (Fsp3) is 0.895. The van der Waals surface area contributed by atoms with Gasteiger partial charge in [-0.1, -0.05) is 148 Å². The van der Waals surface area contributed by atoms with E-state index in [-0.39, 0.29) is 5.92 Å². The van der Waals surface area contributed by atoms with Crippen LogP contribution in [0.3, 0.4) is 0 Å². The SMILES string of the molecule is CCCCCCCCCCCCCCCCCCSc1nc(OCCCN(C)C)nc(C(CCCC)CCC(=S)OCCCC)n1.